The fraction of sp³-hybridized carbons (Fsp3) is 0.786. The van der Waals surface area contributed by atoms with Gasteiger partial charge in [0, 0.05) is 6.54 Å². The van der Waals surface area contributed by atoms with Gasteiger partial charge in [0.25, 0.3) is 0 Å². The molecule has 0 radical (unpaired) electrons. The molecule has 1 N–H and O–H groups in total. The summed E-state index contributed by atoms with van der Waals surface area (Å²) in [7, 11) is 0. The van der Waals surface area contributed by atoms with Gasteiger partial charge in [0.2, 0.25) is 0 Å². The van der Waals surface area contributed by atoms with Crippen LogP contribution in [0.3, 0.4) is 0 Å². The van der Waals surface area contributed by atoms with E-state index >= 15 is 0 Å². The van der Waals surface area contributed by atoms with Gasteiger partial charge in [-0.1, -0.05) is 13.8 Å². The van der Waals surface area contributed by atoms with Gasteiger partial charge >= 0.3 is 0 Å². The first-order valence-corrected chi connectivity index (χ1v) is 7.11. The summed E-state index contributed by atoms with van der Waals surface area (Å²) in [6.45, 7) is 9.76. The zero-order valence-electron chi connectivity index (χ0n) is 12.5. The van der Waals surface area contributed by atoms with Crippen molar-refractivity contribution in [1.29, 1.82) is 5.26 Å². The zero-order valence-corrected chi connectivity index (χ0v) is 12.5. The summed E-state index contributed by atoms with van der Waals surface area (Å²) in [5, 5.41) is 17.1. The van der Waals surface area contributed by atoms with Crippen molar-refractivity contribution < 1.29 is 0 Å². The van der Waals surface area contributed by atoms with E-state index in [9.17, 15) is 5.26 Å². The van der Waals surface area contributed by atoms with Crippen LogP contribution in [0.5, 0.6) is 0 Å². The highest BCUT2D eigenvalue weighted by atomic mass is 15.3. The number of aromatic nitrogens is 3. The van der Waals surface area contributed by atoms with Crippen molar-refractivity contribution in [3.05, 3.63) is 11.6 Å². The third-order valence-corrected chi connectivity index (χ3v) is 3.47. The van der Waals surface area contributed by atoms with Crippen LogP contribution in [0.1, 0.15) is 51.2 Å². The van der Waals surface area contributed by atoms with E-state index < -0.39 is 0 Å². The number of rotatable bonds is 8. The molecule has 0 fully saturated rings. The van der Waals surface area contributed by atoms with E-state index in [1.165, 1.54) is 0 Å². The Morgan fingerprint density at radius 2 is 2.11 bits per heavy atom. The zero-order chi connectivity index (χ0) is 14.3. The third-order valence-electron chi connectivity index (χ3n) is 3.47. The Labute approximate surface area is 116 Å². The second-order valence-corrected chi connectivity index (χ2v) is 5.01. The van der Waals surface area contributed by atoms with Crippen LogP contribution in [-0.4, -0.2) is 26.8 Å². The standard InChI is InChI=1S/C14H25N5/c1-5-9-16-14(6-2,11-15)8-7-10-19-13(4)17-12(3)18-19/h16H,5-10H2,1-4H3. The largest absolute Gasteiger partial charge is 0.299 e. The maximum Gasteiger partial charge on any atom is 0.147 e. The quantitative estimate of drug-likeness (QED) is 0.781. The molecule has 0 saturated carbocycles. The van der Waals surface area contributed by atoms with E-state index in [0.29, 0.717) is 0 Å². The summed E-state index contributed by atoms with van der Waals surface area (Å²) in [4.78, 5) is 4.29. The second-order valence-electron chi connectivity index (χ2n) is 5.01. The Hall–Kier alpha value is -1.41. The minimum atomic E-state index is -0.389. The molecule has 1 atom stereocenters. The number of hydrogen-bond acceptors (Lipinski definition) is 4. The first-order valence-electron chi connectivity index (χ1n) is 7.11. The smallest absolute Gasteiger partial charge is 0.147 e. The number of nitrogens with one attached hydrogen (secondary N) is 1. The minimum absolute atomic E-state index is 0.389. The lowest BCUT2D eigenvalue weighted by Crippen LogP contribution is -2.44. The summed E-state index contributed by atoms with van der Waals surface area (Å²) >= 11 is 0. The Morgan fingerprint density at radius 3 is 2.58 bits per heavy atom. The van der Waals surface area contributed by atoms with Crippen molar-refractivity contribution in [3.63, 3.8) is 0 Å². The molecule has 0 saturated heterocycles. The van der Waals surface area contributed by atoms with Gasteiger partial charge in [-0.3, -0.25) is 10.00 Å². The van der Waals surface area contributed by atoms with Crippen LogP contribution >= 0.6 is 0 Å². The molecule has 0 spiro atoms. The topological polar surface area (TPSA) is 66.5 Å². The van der Waals surface area contributed by atoms with Crippen molar-refractivity contribution in [1.82, 2.24) is 20.1 Å². The summed E-state index contributed by atoms with van der Waals surface area (Å²) in [5.74, 6) is 1.75. The molecule has 19 heavy (non-hydrogen) atoms. The Bertz CT molecular complexity index is 432. The van der Waals surface area contributed by atoms with E-state index in [2.05, 4.69) is 35.3 Å². The summed E-state index contributed by atoms with van der Waals surface area (Å²) < 4.78 is 1.92. The van der Waals surface area contributed by atoms with Gasteiger partial charge in [-0.2, -0.15) is 10.4 Å². The molecule has 0 aromatic carbocycles. The fourth-order valence-corrected chi connectivity index (χ4v) is 2.23. The van der Waals surface area contributed by atoms with Gasteiger partial charge in [-0.25, -0.2) is 4.98 Å². The molecule has 5 nitrogen and oxygen atoms in total. The maximum absolute atomic E-state index is 9.41. The SMILES string of the molecule is CCCNC(C#N)(CC)CCCn1nc(C)nc1C. The highest BCUT2D eigenvalue weighted by Gasteiger charge is 2.26. The Kier molecular flexibility index (Phi) is 5.97. The van der Waals surface area contributed by atoms with E-state index in [1.807, 2.05) is 18.5 Å². The van der Waals surface area contributed by atoms with Gasteiger partial charge < -0.3 is 0 Å². The summed E-state index contributed by atoms with van der Waals surface area (Å²) in [5.41, 5.74) is -0.389. The van der Waals surface area contributed by atoms with Crippen molar-refractivity contribution in [2.24, 2.45) is 0 Å². The number of aryl methyl sites for hydroxylation is 3. The molecule has 1 aromatic heterocycles. The normalized spacial score (nSPS) is 14.1. The van der Waals surface area contributed by atoms with Crippen LogP contribution < -0.4 is 5.32 Å². The molecule has 0 aliphatic carbocycles. The average Bonchev–Trinajstić information content (AvgIpc) is 2.72. The van der Waals surface area contributed by atoms with E-state index in [0.717, 1.165) is 50.4 Å². The van der Waals surface area contributed by atoms with Crippen molar-refractivity contribution in [2.75, 3.05) is 6.54 Å². The van der Waals surface area contributed by atoms with Crippen LogP contribution in [-0.2, 0) is 6.54 Å². The molecule has 0 bridgehead atoms. The lowest BCUT2D eigenvalue weighted by molar-refractivity contribution is 0.351. The van der Waals surface area contributed by atoms with E-state index in [1.54, 1.807) is 0 Å². The Morgan fingerprint density at radius 1 is 1.37 bits per heavy atom. The second kappa shape index (κ2) is 7.25. The molecule has 1 rings (SSSR count). The van der Waals surface area contributed by atoms with Gasteiger partial charge in [0.1, 0.15) is 17.2 Å². The lowest BCUT2D eigenvalue weighted by Gasteiger charge is -2.26. The predicted molar refractivity (Wildman–Crippen MR) is 75.7 cm³/mol. The molecule has 1 heterocycles. The first-order chi connectivity index (χ1) is 9.06. The molecule has 106 valence electrons. The molecule has 0 aliphatic heterocycles. The van der Waals surface area contributed by atoms with Crippen molar-refractivity contribution in [2.45, 2.75) is 65.5 Å². The van der Waals surface area contributed by atoms with Gasteiger partial charge in [-0.05, 0) is 46.1 Å². The average molecular weight is 263 g/mol. The van der Waals surface area contributed by atoms with E-state index in [4.69, 9.17) is 0 Å². The van der Waals surface area contributed by atoms with Gasteiger partial charge in [-0.15, -0.1) is 0 Å². The molecule has 0 amide bonds. The van der Waals surface area contributed by atoms with Crippen LogP contribution in [0.15, 0.2) is 0 Å². The highest BCUT2D eigenvalue weighted by molar-refractivity contribution is 5.06. The molecule has 5 heteroatoms. The number of hydrogen-bond donors (Lipinski definition) is 1. The molecular weight excluding hydrogens is 238 g/mol. The number of nitriles is 1. The predicted octanol–water partition coefficient (Wildman–Crippen LogP) is 2.35. The van der Waals surface area contributed by atoms with Crippen LogP contribution in [0.2, 0.25) is 0 Å². The monoisotopic (exact) mass is 263 g/mol. The molecule has 1 aromatic rings. The van der Waals surface area contributed by atoms with Crippen LogP contribution in [0.4, 0.5) is 0 Å². The van der Waals surface area contributed by atoms with Crippen LogP contribution in [0, 0.1) is 25.2 Å². The summed E-state index contributed by atoms with van der Waals surface area (Å²) in [6, 6.07) is 2.45. The molecule has 0 aliphatic rings. The van der Waals surface area contributed by atoms with Crippen molar-refractivity contribution in [3.8, 4) is 6.07 Å². The van der Waals surface area contributed by atoms with Gasteiger partial charge in [0.15, 0.2) is 0 Å². The minimum Gasteiger partial charge on any atom is -0.299 e. The molecular formula is C14H25N5. The third kappa shape index (κ3) is 4.32. The fourth-order valence-electron chi connectivity index (χ4n) is 2.23. The summed E-state index contributed by atoms with van der Waals surface area (Å²) in [6.07, 6.45) is 3.66. The van der Waals surface area contributed by atoms with E-state index in [-0.39, 0.29) is 5.54 Å². The lowest BCUT2D eigenvalue weighted by atomic mass is 9.92. The van der Waals surface area contributed by atoms with Gasteiger partial charge in [0.05, 0.1) is 6.07 Å². The number of nitrogens with zero attached hydrogens (tertiary/aromatic N) is 4. The molecule has 1 unspecified atom stereocenters. The maximum atomic E-state index is 9.41. The Balaban J connectivity index is 2.53. The highest BCUT2D eigenvalue weighted by Crippen LogP contribution is 2.17. The van der Waals surface area contributed by atoms with Crippen molar-refractivity contribution >= 4 is 0 Å². The van der Waals surface area contributed by atoms with Crippen LogP contribution in [0.25, 0.3) is 0 Å². The first kappa shape index (κ1) is 15.6.